The van der Waals surface area contributed by atoms with Crippen molar-refractivity contribution < 1.29 is 22.7 Å². The molecule has 0 saturated carbocycles. The van der Waals surface area contributed by atoms with Gasteiger partial charge in [-0.25, -0.2) is 8.42 Å². The summed E-state index contributed by atoms with van der Waals surface area (Å²) in [6, 6.07) is 16.0. The maximum absolute atomic E-state index is 14.1. The molecule has 0 aliphatic rings. The molecular weight excluding hydrogens is 621 g/mol. The standard InChI is InChI=1S/C30H34Cl3N3O5S/c1-4-6-17-34-30(38)28(5-2)35(19-21-7-8-23(32)18-27(21)33)29(37)20-36(24-11-9-22(31)10-12-24)42(39,40)26-15-13-25(41-3)14-16-26/h7-16,18,28H,4-6,17,19-20H2,1-3H3,(H,34,38). The molecule has 8 nitrogen and oxygen atoms in total. The molecule has 0 fully saturated rings. The van der Waals surface area contributed by atoms with Crippen LogP contribution in [-0.2, 0) is 26.2 Å². The van der Waals surface area contributed by atoms with Crippen LogP contribution in [-0.4, -0.2) is 51.4 Å². The number of hydrogen-bond donors (Lipinski definition) is 1. The molecule has 1 unspecified atom stereocenters. The van der Waals surface area contributed by atoms with Gasteiger partial charge in [0.05, 0.1) is 17.7 Å². The summed E-state index contributed by atoms with van der Waals surface area (Å²) < 4.78 is 34.0. The fraction of sp³-hybridized carbons (Fsp3) is 0.333. The number of methoxy groups -OCH3 is 1. The highest BCUT2D eigenvalue weighted by molar-refractivity contribution is 7.92. The van der Waals surface area contributed by atoms with Crippen LogP contribution in [0.3, 0.4) is 0 Å². The Hall–Kier alpha value is -2.98. The number of unbranched alkanes of at least 4 members (excludes halogenated alkanes) is 1. The van der Waals surface area contributed by atoms with E-state index >= 15 is 0 Å². The fourth-order valence-electron chi connectivity index (χ4n) is 4.27. The first-order valence-electron chi connectivity index (χ1n) is 13.4. The van der Waals surface area contributed by atoms with Crippen molar-refractivity contribution in [3.8, 4) is 5.75 Å². The van der Waals surface area contributed by atoms with Gasteiger partial charge in [-0.05, 0) is 79.1 Å². The van der Waals surface area contributed by atoms with Crippen molar-refractivity contribution in [2.45, 2.75) is 50.6 Å². The van der Waals surface area contributed by atoms with Gasteiger partial charge in [0.2, 0.25) is 11.8 Å². The van der Waals surface area contributed by atoms with Gasteiger partial charge < -0.3 is 15.0 Å². The summed E-state index contributed by atoms with van der Waals surface area (Å²) in [4.78, 5) is 28.7. The molecule has 3 rings (SSSR count). The van der Waals surface area contributed by atoms with Crippen LogP contribution in [0.4, 0.5) is 5.69 Å². The Morgan fingerprint density at radius 1 is 0.929 bits per heavy atom. The van der Waals surface area contributed by atoms with E-state index in [-0.39, 0.29) is 23.0 Å². The minimum atomic E-state index is -4.23. The molecule has 0 aliphatic heterocycles. The number of anilines is 1. The van der Waals surface area contributed by atoms with Gasteiger partial charge in [-0.3, -0.25) is 13.9 Å². The second-order valence-electron chi connectivity index (χ2n) is 9.49. The molecule has 1 atom stereocenters. The quantitative estimate of drug-likeness (QED) is 0.198. The average Bonchev–Trinajstić information content (AvgIpc) is 2.97. The molecule has 226 valence electrons. The number of amides is 2. The molecule has 1 N–H and O–H groups in total. The summed E-state index contributed by atoms with van der Waals surface area (Å²) in [6.07, 6.45) is 1.96. The SMILES string of the molecule is CCCCNC(=O)C(CC)N(Cc1ccc(Cl)cc1Cl)C(=O)CN(c1ccc(Cl)cc1)S(=O)(=O)c1ccc(OC)cc1. The normalized spacial score (nSPS) is 12.0. The maximum atomic E-state index is 14.1. The molecule has 3 aromatic carbocycles. The molecule has 0 saturated heterocycles. The van der Waals surface area contributed by atoms with Crippen LogP contribution in [0.2, 0.25) is 15.1 Å². The highest BCUT2D eigenvalue weighted by atomic mass is 35.5. The number of halogens is 3. The van der Waals surface area contributed by atoms with Crippen LogP contribution in [0, 0.1) is 0 Å². The van der Waals surface area contributed by atoms with Gasteiger partial charge in [0.25, 0.3) is 10.0 Å². The Kier molecular flexibility index (Phi) is 12.4. The van der Waals surface area contributed by atoms with Crippen LogP contribution in [0.25, 0.3) is 0 Å². The number of carbonyl (C=O) groups excluding carboxylic acids is 2. The predicted octanol–water partition coefficient (Wildman–Crippen LogP) is 6.57. The summed E-state index contributed by atoms with van der Waals surface area (Å²) in [5.41, 5.74) is 0.791. The molecule has 2 amide bonds. The maximum Gasteiger partial charge on any atom is 0.264 e. The van der Waals surface area contributed by atoms with E-state index in [4.69, 9.17) is 39.5 Å². The first-order valence-corrected chi connectivity index (χ1v) is 16.0. The third-order valence-corrected chi connectivity index (χ3v) is 9.24. The van der Waals surface area contributed by atoms with E-state index in [2.05, 4.69) is 5.32 Å². The van der Waals surface area contributed by atoms with Crippen molar-refractivity contribution in [1.29, 1.82) is 0 Å². The van der Waals surface area contributed by atoms with Crippen LogP contribution in [0.15, 0.2) is 71.6 Å². The van der Waals surface area contributed by atoms with Crippen molar-refractivity contribution in [1.82, 2.24) is 10.2 Å². The summed E-state index contributed by atoms with van der Waals surface area (Å²) >= 11 is 18.6. The van der Waals surface area contributed by atoms with Gasteiger partial charge in [-0.2, -0.15) is 0 Å². The van der Waals surface area contributed by atoms with Crippen molar-refractivity contribution in [2.24, 2.45) is 0 Å². The van der Waals surface area contributed by atoms with Gasteiger partial charge in [-0.1, -0.05) is 61.1 Å². The molecule has 0 aromatic heterocycles. The monoisotopic (exact) mass is 653 g/mol. The average molecular weight is 655 g/mol. The van der Waals surface area contributed by atoms with E-state index in [0.717, 1.165) is 17.1 Å². The topological polar surface area (TPSA) is 96.0 Å². The van der Waals surface area contributed by atoms with E-state index < -0.39 is 28.5 Å². The van der Waals surface area contributed by atoms with Gasteiger partial charge in [-0.15, -0.1) is 0 Å². The first kappa shape index (κ1) is 33.5. The van der Waals surface area contributed by atoms with Crippen LogP contribution < -0.4 is 14.4 Å². The summed E-state index contributed by atoms with van der Waals surface area (Å²) in [5.74, 6) is -0.444. The van der Waals surface area contributed by atoms with E-state index in [1.54, 1.807) is 37.3 Å². The minimum absolute atomic E-state index is 0.0361. The second kappa shape index (κ2) is 15.5. The lowest BCUT2D eigenvalue weighted by Crippen LogP contribution is -2.52. The first-order chi connectivity index (χ1) is 20.0. The highest BCUT2D eigenvalue weighted by Gasteiger charge is 2.34. The number of sulfonamides is 1. The molecule has 0 aliphatic carbocycles. The van der Waals surface area contributed by atoms with Crippen molar-refractivity contribution in [3.63, 3.8) is 0 Å². The number of hydrogen-bond acceptors (Lipinski definition) is 5. The van der Waals surface area contributed by atoms with Crippen LogP contribution in [0.5, 0.6) is 5.75 Å². The van der Waals surface area contributed by atoms with Crippen molar-refractivity contribution in [3.05, 3.63) is 87.4 Å². The van der Waals surface area contributed by atoms with E-state index in [9.17, 15) is 18.0 Å². The predicted molar refractivity (Wildman–Crippen MR) is 168 cm³/mol. The lowest BCUT2D eigenvalue weighted by atomic mass is 10.1. The molecule has 0 radical (unpaired) electrons. The number of nitrogens with zero attached hydrogens (tertiary/aromatic N) is 2. The zero-order valence-electron chi connectivity index (χ0n) is 23.6. The lowest BCUT2D eigenvalue weighted by Gasteiger charge is -2.33. The smallest absolute Gasteiger partial charge is 0.264 e. The van der Waals surface area contributed by atoms with E-state index in [1.165, 1.54) is 48.4 Å². The molecule has 0 bridgehead atoms. The molecular formula is C30H34Cl3N3O5S. The molecule has 42 heavy (non-hydrogen) atoms. The van der Waals surface area contributed by atoms with Gasteiger partial charge in [0.15, 0.2) is 0 Å². The largest absolute Gasteiger partial charge is 0.497 e. The van der Waals surface area contributed by atoms with Gasteiger partial charge in [0, 0.05) is 28.2 Å². The second-order valence-corrected chi connectivity index (χ2v) is 12.6. The number of ether oxygens (including phenoxy) is 1. The number of benzene rings is 3. The third kappa shape index (κ3) is 8.53. The molecule has 0 heterocycles. The summed E-state index contributed by atoms with van der Waals surface area (Å²) in [5, 5.41) is 4.04. The van der Waals surface area contributed by atoms with Crippen LogP contribution in [0.1, 0.15) is 38.7 Å². The lowest BCUT2D eigenvalue weighted by molar-refractivity contribution is -0.140. The molecule has 0 spiro atoms. The zero-order valence-corrected chi connectivity index (χ0v) is 26.7. The Labute approximate surface area is 262 Å². The molecule has 3 aromatic rings. The van der Waals surface area contributed by atoms with Crippen molar-refractivity contribution >= 4 is 62.3 Å². The summed E-state index contributed by atoms with van der Waals surface area (Å²) in [7, 11) is -2.76. The van der Waals surface area contributed by atoms with Crippen LogP contribution >= 0.6 is 34.8 Å². The van der Waals surface area contributed by atoms with E-state index in [0.29, 0.717) is 39.3 Å². The number of nitrogens with one attached hydrogen (secondary N) is 1. The zero-order chi connectivity index (χ0) is 30.9. The van der Waals surface area contributed by atoms with E-state index in [1.807, 2.05) is 6.92 Å². The highest BCUT2D eigenvalue weighted by Crippen LogP contribution is 2.28. The Morgan fingerprint density at radius 2 is 1.57 bits per heavy atom. The Bertz CT molecular complexity index is 1470. The third-order valence-electron chi connectivity index (χ3n) is 6.61. The number of rotatable bonds is 14. The van der Waals surface area contributed by atoms with Gasteiger partial charge >= 0.3 is 0 Å². The van der Waals surface area contributed by atoms with Crippen molar-refractivity contribution in [2.75, 3.05) is 24.5 Å². The fourth-order valence-corrected chi connectivity index (χ4v) is 6.28. The number of carbonyl (C=O) groups is 2. The minimum Gasteiger partial charge on any atom is -0.497 e. The Balaban J connectivity index is 2.05. The van der Waals surface area contributed by atoms with Gasteiger partial charge in [0.1, 0.15) is 18.3 Å². The molecule has 12 heteroatoms. The Morgan fingerprint density at radius 3 is 2.14 bits per heavy atom. The summed E-state index contributed by atoms with van der Waals surface area (Å²) in [6.45, 7) is 3.64.